The first-order chi connectivity index (χ1) is 6.36. The van der Waals surface area contributed by atoms with Crippen molar-refractivity contribution >= 4 is 0 Å². The summed E-state index contributed by atoms with van der Waals surface area (Å²) in [4.78, 5) is 0. The van der Waals surface area contributed by atoms with E-state index in [0.717, 1.165) is 18.9 Å². The van der Waals surface area contributed by atoms with Crippen LogP contribution in [-0.4, -0.2) is 9.78 Å². The fourth-order valence-corrected chi connectivity index (χ4v) is 1.81. The fraction of sp³-hybridized carbons (Fsp3) is 0.700. The van der Waals surface area contributed by atoms with E-state index < -0.39 is 0 Å². The standard InChI is InChI=1S/C10H17N3/c1-2-5-13-10(8-3-4-8)9(6-11)7-12-13/h7-8H,2-6,11H2,1H3. The van der Waals surface area contributed by atoms with E-state index in [2.05, 4.69) is 16.7 Å². The normalized spacial score (nSPS) is 16.5. The van der Waals surface area contributed by atoms with Crippen LogP contribution in [0.25, 0.3) is 0 Å². The number of aromatic nitrogens is 2. The number of rotatable bonds is 4. The number of nitrogens with zero attached hydrogens (tertiary/aromatic N) is 2. The van der Waals surface area contributed by atoms with Crippen molar-refractivity contribution in [1.29, 1.82) is 0 Å². The van der Waals surface area contributed by atoms with Crippen molar-refractivity contribution in [3.8, 4) is 0 Å². The first-order valence-corrected chi connectivity index (χ1v) is 5.11. The predicted molar refractivity (Wildman–Crippen MR) is 52.4 cm³/mol. The molecule has 0 atom stereocenters. The molecule has 1 saturated carbocycles. The molecule has 0 aromatic carbocycles. The minimum atomic E-state index is 0.634. The summed E-state index contributed by atoms with van der Waals surface area (Å²) < 4.78 is 2.14. The Labute approximate surface area is 78.9 Å². The van der Waals surface area contributed by atoms with Gasteiger partial charge in [-0.1, -0.05) is 6.92 Å². The SMILES string of the molecule is CCCn1ncc(CN)c1C1CC1. The molecule has 0 radical (unpaired) electrons. The molecule has 3 heteroatoms. The van der Waals surface area contributed by atoms with Gasteiger partial charge in [-0.3, -0.25) is 4.68 Å². The van der Waals surface area contributed by atoms with Crippen molar-refractivity contribution in [3.05, 3.63) is 17.5 Å². The molecule has 72 valence electrons. The van der Waals surface area contributed by atoms with Crippen LogP contribution in [0.15, 0.2) is 6.20 Å². The second-order valence-corrected chi connectivity index (χ2v) is 3.76. The Morgan fingerprint density at radius 2 is 2.38 bits per heavy atom. The number of hydrogen-bond acceptors (Lipinski definition) is 2. The minimum Gasteiger partial charge on any atom is -0.326 e. The van der Waals surface area contributed by atoms with E-state index in [1.807, 2.05) is 6.20 Å². The fourth-order valence-electron chi connectivity index (χ4n) is 1.81. The van der Waals surface area contributed by atoms with Crippen LogP contribution in [0.2, 0.25) is 0 Å². The quantitative estimate of drug-likeness (QED) is 0.763. The second-order valence-electron chi connectivity index (χ2n) is 3.76. The Morgan fingerprint density at radius 3 is 2.92 bits per heavy atom. The Balaban J connectivity index is 2.27. The predicted octanol–water partition coefficient (Wildman–Crippen LogP) is 1.63. The number of hydrogen-bond donors (Lipinski definition) is 1. The zero-order chi connectivity index (χ0) is 9.26. The summed E-state index contributed by atoms with van der Waals surface area (Å²) in [6, 6.07) is 0. The van der Waals surface area contributed by atoms with Gasteiger partial charge in [0, 0.05) is 30.3 Å². The summed E-state index contributed by atoms with van der Waals surface area (Å²) in [5, 5.41) is 4.37. The molecule has 0 saturated heterocycles. The molecular weight excluding hydrogens is 162 g/mol. The van der Waals surface area contributed by atoms with E-state index >= 15 is 0 Å². The molecule has 1 aliphatic rings. The Kier molecular flexibility index (Phi) is 2.36. The van der Waals surface area contributed by atoms with E-state index in [4.69, 9.17) is 5.73 Å². The molecule has 1 aliphatic carbocycles. The molecule has 1 aromatic rings. The first-order valence-electron chi connectivity index (χ1n) is 5.11. The zero-order valence-electron chi connectivity index (χ0n) is 8.16. The van der Waals surface area contributed by atoms with Crippen molar-refractivity contribution in [2.75, 3.05) is 0 Å². The summed E-state index contributed by atoms with van der Waals surface area (Å²) in [7, 11) is 0. The summed E-state index contributed by atoms with van der Waals surface area (Å²) in [6.45, 7) is 3.85. The third-order valence-corrected chi connectivity index (χ3v) is 2.58. The summed E-state index contributed by atoms with van der Waals surface area (Å²) in [6.07, 6.45) is 5.72. The van der Waals surface area contributed by atoms with Gasteiger partial charge < -0.3 is 5.73 Å². The van der Waals surface area contributed by atoms with E-state index in [0.29, 0.717) is 6.54 Å². The van der Waals surface area contributed by atoms with Crippen molar-refractivity contribution in [1.82, 2.24) is 9.78 Å². The average molecular weight is 179 g/mol. The maximum Gasteiger partial charge on any atom is 0.0537 e. The van der Waals surface area contributed by atoms with Gasteiger partial charge in [0.25, 0.3) is 0 Å². The van der Waals surface area contributed by atoms with Crippen molar-refractivity contribution in [3.63, 3.8) is 0 Å². The van der Waals surface area contributed by atoms with Crippen molar-refractivity contribution in [2.24, 2.45) is 5.73 Å². The van der Waals surface area contributed by atoms with Crippen molar-refractivity contribution in [2.45, 2.75) is 45.2 Å². The summed E-state index contributed by atoms with van der Waals surface area (Å²) in [5.41, 5.74) is 8.33. The molecule has 1 aromatic heterocycles. The van der Waals surface area contributed by atoms with E-state index in [1.165, 1.54) is 24.1 Å². The van der Waals surface area contributed by atoms with Gasteiger partial charge in [0.2, 0.25) is 0 Å². The highest BCUT2D eigenvalue weighted by molar-refractivity contribution is 5.25. The van der Waals surface area contributed by atoms with Crippen LogP contribution >= 0.6 is 0 Å². The Morgan fingerprint density at radius 1 is 1.62 bits per heavy atom. The molecule has 0 bridgehead atoms. The molecule has 13 heavy (non-hydrogen) atoms. The highest BCUT2D eigenvalue weighted by atomic mass is 15.3. The van der Waals surface area contributed by atoms with Gasteiger partial charge in [-0.05, 0) is 19.3 Å². The molecule has 0 unspecified atom stereocenters. The molecule has 1 fully saturated rings. The number of aryl methyl sites for hydroxylation is 1. The van der Waals surface area contributed by atoms with Crippen LogP contribution in [-0.2, 0) is 13.1 Å². The van der Waals surface area contributed by atoms with E-state index in [-0.39, 0.29) is 0 Å². The van der Waals surface area contributed by atoms with Gasteiger partial charge in [-0.2, -0.15) is 5.10 Å². The van der Waals surface area contributed by atoms with Gasteiger partial charge in [0.05, 0.1) is 6.20 Å². The summed E-state index contributed by atoms with van der Waals surface area (Å²) in [5.74, 6) is 0.757. The maximum absolute atomic E-state index is 5.67. The zero-order valence-corrected chi connectivity index (χ0v) is 8.16. The molecule has 0 spiro atoms. The highest BCUT2D eigenvalue weighted by Crippen LogP contribution is 2.41. The Bertz CT molecular complexity index is 286. The molecule has 0 aliphatic heterocycles. The third kappa shape index (κ3) is 1.61. The van der Waals surface area contributed by atoms with Gasteiger partial charge >= 0.3 is 0 Å². The third-order valence-electron chi connectivity index (χ3n) is 2.58. The lowest BCUT2D eigenvalue weighted by Gasteiger charge is -2.06. The molecule has 2 N–H and O–H groups in total. The van der Waals surface area contributed by atoms with Crippen LogP contribution < -0.4 is 5.73 Å². The van der Waals surface area contributed by atoms with E-state index in [1.54, 1.807) is 0 Å². The molecule has 0 amide bonds. The van der Waals surface area contributed by atoms with Crippen molar-refractivity contribution < 1.29 is 0 Å². The molecule has 1 heterocycles. The lowest BCUT2D eigenvalue weighted by molar-refractivity contribution is 0.573. The van der Waals surface area contributed by atoms with Crippen LogP contribution in [0.3, 0.4) is 0 Å². The van der Waals surface area contributed by atoms with Crippen LogP contribution in [0.1, 0.15) is 43.4 Å². The molecule has 3 nitrogen and oxygen atoms in total. The number of nitrogens with two attached hydrogens (primary N) is 1. The smallest absolute Gasteiger partial charge is 0.0537 e. The highest BCUT2D eigenvalue weighted by Gasteiger charge is 2.29. The van der Waals surface area contributed by atoms with Crippen LogP contribution in [0, 0.1) is 0 Å². The monoisotopic (exact) mass is 179 g/mol. The van der Waals surface area contributed by atoms with Crippen LogP contribution in [0.4, 0.5) is 0 Å². The first kappa shape index (κ1) is 8.75. The molecular formula is C10H17N3. The lowest BCUT2D eigenvalue weighted by Crippen LogP contribution is -2.06. The molecule has 2 rings (SSSR count). The maximum atomic E-state index is 5.67. The van der Waals surface area contributed by atoms with Gasteiger partial charge in [0.1, 0.15) is 0 Å². The Hall–Kier alpha value is -0.830. The second kappa shape index (κ2) is 3.50. The lowest BCUT2D eigenvalue weighted by atomic mass is 10.2. The largest absolute Gasteiger partial charge is 0.326 e. The minimum absolute atomic E-state index is 0.634. The summed E-state index contributed by atoms with van der Waals surface area (Å²) >= 11 is 0. The van der Waals surface area contributed by atoms with Gasteiger partial charge in [0.15, 0.2) is 0 Å². The average Bonchev–Trinajstić information content (AvgIpc) is 2.89. The van der Waals surface area contributed by atoms with E-state index in [9.17, 15) is 0 Å². The van der Waals surface area contributed by atoms with Crippen LogP contribution in [0.5, 0.6) is 0 Å². The topological polar surface area (TPSA) is 43.8 Å². The van der Waals surface area contributed by atoms with Gasteiger partial charge in [-0.25, -0.2) is 0 Å². The van der Waals surface area contributed by atoms with Gasteiger partial charge in [-0.15, -0.1) is 0 Å².